The van der Waals surface area contributed by atoms with E-state index in [1.165, 1.54) is 16.1 Å². The van der Waals surface area contributed by atoms with E-state index in [4.69, 9.17) is 4.74 Å². The highest BCUT2D eigenvalue weighted by atomic mass is 32.2. The topological polar surface area (TPSA) is 123 Å². The lowest BCUT2D eigenvalue weighted by Crippen LogP contribution is -2.34. The molecule has 13 heteroatoms. The number of aryl methyl sites for hydroxylation is 1. The molecule has 2 heterocycles. The van der Waals surface area contributed by atoms with Gasteiger partial charge in [0.25, 0.3) is 0 Å². The van der Waals surface area contributed by atoms with Crippen molar-refractivity contribution in [3.63, 3.8) is 0 Å². The number of urea groups is 1. The van der Waals surface area contributed by atoms with E-state index in [-0.39, 0.29) is 17.5 Å². The molecular weight excluding hydrogens is 516 g/mol. The molecule has 0 saturated carbocycles. The molecule has 0 atom stereocenters. The molecule has 0 aliphatic heterocycles. The van der Waals surface area contributed by atoms with Gasteiger partial charge < -0.3 is 24.9 Å². The van der Waals surface area contributed by atoms with E-state index in [0.717, 1.165) is 12.1 Å². The van der Waals surface area contributed by atoms with Crippen molar-refractivity contribution in [1.29, 1.82) is 0 Å². The van der Waals surface area contributed by atoms with Crippen LogP contribution in [0, 0.1) is 18.6 Å². The molecule has 0 radical (unpaired) electrons. The van der Waals surface area contributed by atoms with Crippen LogP contribution in [0.5, 0.6) is 11.5 Å². The maximum Gasteiger partial charge on any atom is 0.319 e. The predicted molar refractivity (Wildman–Crippen MR) is 143 cm³/mol. The third kappa shape index (κ3) is 6.17. The Kier molecular flexibility index (Phi) is 8.05. The monoisotopic (exact) mass is 542 g/mol. The Balaban J connectivity index is 1.85. The zero-order valence-corrected chi connectivity index (χ0v) is 21.9. The molecular formula is C25H26F2N7O3S-. The van der Waals surface area contributed by atoms with Gasteiger partial charge in [-0.05, 0) is 57.2 Å². The number of halogens is 2. The van der Waals surface area contributed by atoms with Crippen LogP contribution >= 0.6 is 0 Å². The van der Waals surface area contributed by atoms with Crippen molar-refractivity contribution in [3.05, 3.63) is 59.9 Å². The molecule has 2 amide bonds. The number of hydrogen-bond acceptors (Lipinski definition) is 7. The predicted octanol–water partition coefficient (Wildman–Crippen LogP) is 4.86. The van der Waals surface area contributed by atoms with Crippen LogP contribution in [0.4, 0.5) is 25.0 Å². The van der Waals surface area contributed by atoms with Gasteiger partial charge >= 0.3 is 6.03 Å². The van der Waals surface area contributed by atoms with Crippen LogP contribution in [0.1, 0.15) is 26.6 Å². The van der Waals surface area contributed by atoms with Gasteiger partial charge in [0.15, 0.2) is 17.4 Å². The summed E-state index contributed by atoms with van der Waals surface area (Å²) in [4.78, 5) is 12.5. The van der Waals surface area contributed by atoms with Crippen molar-refractivity contribution >= 4 is 38.9 Å². The lowest BCUT2D eigenvalue weighted by atomic mass is 10.1. The number of rotatable bonds is 8. The molecule has 0 bridgehead atoms. The first-order valence-electron chi connectivity index (χ1n) is 11.7. The first-order chi connectivity index (χ1) is 18.1. The quantitative estimate of drug-likeness (QED) is 0.215. The Morgan fingerprint density at radius 2 is 1.89 bits per heavy atom. The summed E-state index contributed by atoms with van der Waals surface area (Å²) in [5.41, 5.74) is 3.38. The smallest absolute Gasteiger partial charge is 0.319 e. The highest BCUT2D eigenvalue weighted by Gasteiger charge is 2.18. The molecule has 0 saturated heterocycles. The van der Waals surface area contributed by atoms with Crippen LogP contribution < -0.4 is 20.7 Å². The summed E-state index contributed by atoms with van der Waals surface area (Å²) < 4.78 is 47.1. The van der Waals surface area contributed by atoms with E-state index in [9.17, 15) is 17.8 Å². The molecule has 3 N–H and O–H groups in total. The average molecular weight is 543 g/mol. The molecule has 10 nitrogen and oxygen atoms in total. The first-order valence-corrected chi connectivity index (χ1v) is 13.1. The van der Waals surface area contributed by atoms with Gasteiger partial charge in [-0.15, -0.1) is 16.0 Å². The first kappa shape index (κ1) is 26.8. The molecule has 2 aromatic carbocycles. The SMILES string of the molecule is CC[S-](=O)=CNc1ccc(Oc2ccc(F)cc2F)c(-c2cc(NC(=O)NC(C)C)c3nnc(C)n3n2)c1. The Morgan fingerprint density at radius 3 is 2.61 bits per heavy atom. The van der Waals surface area contributed by atoms with Crippen LogP contribution in [0.15, 0.2) is 42.5 Å². The number of carbonyl (C=O) groups is 1. The summed E-state index contributed by atoms with van der Waals surface area (Å²) in [6.45, 7) is 7.15. The number of anilines is 2. The lowest BCUT2D eigenvalue weighted by Gasteiger charge is -2.16. The Morgan fingerprint density at radius 1 is 1.13 bits per heavy atom. The fraction of sp³-hybridized carbons (Fsp3) is 0.240. The number of carbonyl (C=O) groups excluding carboxylic acids is 1. The fourth-order valence-corrected chi connectivity index (χ4v) is 3.86. The standard InChI is InChI=1S/C25H26F2N7O3S/c1-5-38(36)13-28-17-7-9-22(37-23-8-6-16(26)10-19(23)27)18(11-17)20-12-21(30-25(35)29-14(2)3)24-32-31-15(4)34(24)33-20/h6-14,28H,5H2,1-4H3,(H2,29,30,35)/q-1. The number of amides is 2. The van der Waals surface area contributed by atoms with E-state index in [1.54, 1.807) is 38.1 Å². The van der Waals surface area contributed by atoms with Crippen molar-refractivity contribution in [2.24, 2.45) is 0 Å². The van der Waals surface area contributed by atoms with Crippen LogP contribution in [-0.2, 0) is 14.6 Å². The van der Waals surface area contributed by atoms with Gasteiger partial charge in [0.1, 0.15) is 11.6 Å². The van der Waals surface area contributed by atoms with E-state index in [0.29, 0.717) is 39.9 Å². The van der Waals surface area contributed by atoms with Gasteiger partial charge in [0.2, 0.25) is 5.65 Å². The zero-order chi connectivity index (χ0) is 27.4. The number of ether oxygens (including phenoxy) is 1. The second-order valence-corrected chi connectivity index (χ2v) is 10.1. The number of fused-ring (bicyclic) bond motifs is 1. The summed E-state index contributed by atoms with van der Waals surface area (Å²) in [6.07, 6.45) is 0. The van der Waals surface area contributed by atoms with Crippen LogP contribution in [-0.4, -0.2) is 43.1 Å². The third-order valence-electron chi connectivity index (χ3n) is 5.21. The third-order valence-corrected chi connectivity index (χ3v) is 6.15. The minimum Gasteiger partial charge on any atom is -0.460 e. The lowest BCUT2D eigenvalue weighted by molar-refractivity contribution is 0.250. The molecule has 0 aliphatic rings. The number of nitrogens with one attached hydrogen (secondary N) is 3. The van der Waals surface area contributed by atoms with Crippen LogP contribution in [0.2, 0.25) is 0 Å². The maximum absolute atomic E-state index is 14.4. The summed E-state index contributed by atoms with van der Waals surface area (Å²) >= 11 is 0. The van der Waals surface area contributed by atoms with Crippen LogP contribution in [0.25, 0.3) is 16.9 Å². The van der Waals surface area contributed by atoms with Gasteiger partial charge in [0, 0.05) is 23.4 Å². The van der Waals surface area contributed by atoms with Crippen LogP contribution in [0.3, 0.4) is 0 Å². The molecule has 4 aromatic rings. The Labute approximate surface area is 219 Å². The van der Waals surface area contributed by atoms with Gasteiger partial charge in [-0.2, -0.15) is 9.61 Å². The van der Waals surface area contributed by atoms with E-state index in [2.05, 4.69) is 31.2 Å². The average Bonchev–Trinajstić information content (AvgIpc) is 3.25. The Bertz CT molecular complexity index is 1580. The molecule has 0 unspecified atom stereocenters. The van der Waals surface area contributed by atoms with E-state index >= 15 is 0 Å². The van der Waals surface area contributed by atoms with Gasteiger partial charge in [-0.25, -0.2) is 13.6 Å². The van der Waals surface area contributed by atoms with Gasteiger partial charge in [0.05, 0.1) is 11.4 Å². The summed E-state index contributed by atoms with van der Waals surface area (Å²) in [5, 5.41) is 21.3. The molecule has 38 heavy (non-hydrogen) atoms. The van der Waals surface area contributed by atoms with Crippen molar-refractivity contribution in [1.82, 2.24) is 25.1 Å². The molecule has 4 rings (SSSR count). The number of aromatic nitrogens is 4. The second-order valence-electron chi connectivity index (χ2n) is 8.50. The fourth-order valence-electron chi connectivity index (χ4n) is 3.43. The van der Waals surface area contributed by atoms with Gasteiger partial charge in [-0.1, -0.05) is 12.4 Å². The van der Waals surface area contributed by atoms with Crippen molar-refractivity contribution in [2.75, 3.05) is 16.4 Å². The second kappa shape index (κ2) is 11.4. The number of nitrogens with zero attached hydrogens (tertiary/aromatic N) is 4. The van der Waals surface area contributed by atoms with Crippen molar-refractivity contribution < 1.29 is 22.5 Å². The van der Waals surface area contributed by atoms with Crippen molar-refractivity contribution in [2.45, 2.75) is 33.7 Å². The van der Waals surface area contributed by atoms with E-state index in [1.807, 2.05) is 13.8 Å². The minimum absolute atomic E-state index is 0.106. The summed E-state index contributed by atoms with van der Waals surface area (Å²) in [5.74, 6) is -0.711. The number of benzene rings is 2. The van der Waals surface area contributed by atoms with Crippen molar-refractivity contribution in [3.8, 4) is 22.8 Å². The van der Waals surface area contributed by atoms with E-state index < -0.39 is 28.1 Å². The minimum atomic E-state index is -1.20. The summed E-state index contributed by atoms with van der Waals surface area (Å²) in [7, 11) is -1.20. The molecule has 2 aromatic heterocycles. The molecule has 0 aliphatic carbocycles. The maximum atomic E-state index is 14.4. The van der Waals surface area contributed by atoms with Gasteiger partial charge in [-0.3, -0.25) is 10.4 Å². The molecule has 0 spiro atoms. The largest absolute Gasteiger partial charge is 0.460 e. The molecule has 200 valence electrons. The Hall–Kier alpha value is -4.26. The molecule has 0 fully saturated rings. The zero-order valence-electron chi connectivity index (χ0n) is 21.1. The summed E-state index contributed by atoms with van der Waals surface area (Å²) in [6, 6.07) is 8.93. The normalized spacial score (nSPS) is 12.1. The number of hydrogen-bond donors (Lipinski definition) is 3. The highest BCUT2D eigenvalue weighted by Crippen LogP contribution is 2.37. The highest BCUT2D eigenvalue weighted by molar-refractivity contribution is 7.83.